The van der Waals surface area contributed by atoms with Crippen LogP contribution in [0.25, 0.3) is 10.8 Å². The van der Waals surface area contributed by atoms with E-state index in [1.165, 1.54) is 42.2 Å². The van der Waals surface area contributed by atoms with Gasteiger partial charge in [-0.3, -0.25) is 19.7 Å². The fourth-order valence-corrected chi connectivity index (χ4v) is 3.79. The molecular formula is C24H18N4O5S. The number of carbonyl (C=O) groups is 2. The van der Waals surface area contributed by atoms with Gasteiger partial charge in [0.1, 0.15) is 11.3 Å². The zero-order valence-corrected chi connectivity index (χ0v) is 18.5. The van der Waals surface area contributed by atoms with E-state index in [0.717, 1.165) is 10.8 Å². The molecule has 1 heterocycles. The number of amides is 2. The molecule has 0 spiro atoms. The Hall–Kier alpha value is -4.44. The van der Waals surface area contributed by atoms with Crippen molar-refractivity contribution in [3.05, 3.63) is 100 Å². The van der Waals surface area contributed by atoms with Crippen molar-refractivity contribution < 1.29 is 18.9 Å². The van der Waals surface area contributed by atoms with Crippen LogP contribution in [-0.4, -0.2) is 28.7 Å². The number of nitrogens with one attached hydrogen (secondary N) is 2. The first-order chi connectivity index (χ1) is 16.5. The number of para-hydroxylation sites is 1. The number of hydrogen-bond donors (Lipinski definition) is 2. The summed E-state index contributed by atoms with van der Waals surface area (Å²) in [4.78, 5) is 34.8. The maximum Gasteiger partial charge on any atom is 0.282 e. The van der Waals surface area contributed by atoms with Crippen LogP contribution in [0.15, 0.2) is 93.5 Å². The summed E-state index contributed by atoms with van der Waals surface area (Å²) in [7, 11) is 0. The molecule has 0 aliphatic heterocycles. The molecule has 0 radical (unpaired) electrons. The monoisotopic (exact) mass is 474 g/mol. The highest BCUT2D eigenvalue weighted by Gasteiger charge is 2.18. The Morgan fingerprint density at radius 1 is 1.00 bits per heavy atom. The molecule has 4 rings (SSSR count). The van der Waals surface area contributed by atoms with Crippen LogP contribution >= 0.6 is 11.8 Å². The second kappa shape index (κ2) is 10.5. The molecule has 0 unspecified atom stereocenters. The van der Waals surface area contributed by atoms with Gasteiger partial charge < -0.3 is 9.73 Å². The van der Waals surface area contributed by atoms with Gasteiger partial charge in [0.15, 0.2) is 5.09 Å². The minimum atomic E-state index is -0.713. The lowest BCUT2D eigenvalue weighted by molar-refractivity contribution is -0.385. The molecule has 0 saturated heterocycles. The van der Waals surface area contributed by atoms with E-state index < -0.39 is 10.8 Å². The van der Waals surface area contributed by atoms with Gasteiger partial charge in [-0.2, -0.15) is 5.10 Å². The van der Waals surface area contributed by atoms with Gasteiger partial charge in [0.05, 0.1) is 16.9 Å². The summed E-state index contributed by atoms with van der Waals surface area (Å²) in [5, 5.41) is 20.3. The third-order valence-electron chi connectivity index (χ3n) is 4.68. The zero-order valence-electron chi connectivity index (χ0n) is 17.6. The van der Waals surface area contributed by atoms with Crippen molar-refractivity contribution in [2.24, 2.45) is 5.10 Å². The van der Waals surface area contributed by atoms with E-state index in [0.29, 0.717) is 16.5 Å². The molecule has 0 fully saturated rings. The molecule has 0 saturated carbocycles. The molecule has 0 aliphatic rings. The summed E-state index contributed by atoms with van der Waals surface area (Å²) in [5.41, 5.74) is 2.54. The van der Waals surface area contributed by atoms with E-state index in [2.05, 4.69) is 15.8 Å². The van der Waals surface area contributed by atoms with Crippen molar-refractivity contribution in [3.63, 3.8) is 0 Å². The first-order valence-corrected chi connectivity index (χ1v) is 11.1. The van der Waals surface area contributed by atoms with Crippen LogP contribution in [0.5, 0.6) is 0 Å². The number of anilines is 1. The van der Waals surface area contributed by atoms with Crippen molar-refractivity contribution in [3.8, 4) is 0 Å². The highest BCUT2D eigenvalue weighted by molar-refractivity contribution is 7.99. The van der Waals surface area contributed by atoms with Crippen LogP contribution in [0, 0.1) is 10.1 Å². The molecule has 2 amide bonds. The van der Waals surface area contributed by atoms with Crippen LogP contribution in [0.4, 0.5) is 11.4 Å². The van der Waals surface area contributed by atoms with Crippen molar-refractivity contribution >= 4 is 51.9 Å². The molecule has 4 aromatic rings. The highest BCUT2D eigenvalue weighted by Crippen LogP contribution is 2.22. The maximum absolute atomic E-state index is 12.3. The van der Waals surface area contributed by atoms with Crippen LogP contribution in [0.3, 0.4) is 0 Å². The third kappa shape index (κ3) is 5.67. The van der Waals surface area contributed by atoms with Gasteiger partial charge >= 0.3 is 0 Å². The first kappa shape index (κ1) is 22.7. The number of fused-ring (bicyclic) bond motifs is 1. The fourth-order valence-electron chi connectivity index (χ4n) is 3.12. The summed E-state index contributed by atoms with van der Waals surface area (Å²) in [6.45, 7) is 0. The Morgan fingerprint density at radius 3 is 2.59 bits per heavy atom. The van der Waals surface area contributed by atoms with Crippen LogP contribution in [0.1, 0.15) is 16.1 Å². The van der Waals surface area contributed by atoms with E-state index in [1.807, 2.05) is 42.5 Å². The topological polar surface area (TPSA) is 127 Å². The molecule has 0 bridgehead atoms. The molecule has 10 heteroatoms. The Bertz CT molecular complexity index is 1400. The number of thioether (sulfide) groups is 1. The average Bonchev–Trinajstić information content (AvgIpc) is 3.30. The maximum atomic E-state index is 12.3. The Kier molecular flexibility index (Phi) is 6.99. The lowest BCUT2D eigenvalue weighted by Crippen LogP contribution is -2.18. The van der Waals surface area contributed by atoms with E-state index in [1.54, 1.807) is 12.1 Å². The fraction of sp³-hybridized carbons (Fsp3) is 0.0417. The third-order valence-corrected chi connectivity index (χ3v) is 5.59. The van der Waals surface area contributed by atoms with Crippen molar-refractivity contribution in [2.75, 3.05) is 11.1 Å². The lowest BCUT2D eigenvalue weighted by atomic mass is 10.1. The predicted octanol–water partition coefficient (Wildman–Crippen LogP) is 4.84. The van der Waals surface area contributed by atoms with Gasteiger partial charge in [0.2, 0.25) is 5.91 Å². The summed E-state index contributed by atoms with van der Waals surface area (Å²) in [6.07, 6.45) is 1.27. The van der Waals surface area contributed by atoms with Gasteiger partial charge in [-0.1, -0.05) is 54.2 Å². The van der Waals surface area contributed by atoms with Gasteiger partial charge in [0.25, 0.3) is 11.6 Å². The summed E-state index contributed by atoms with van der Waals surface area (Å²) >= 11 is 1.21. The van der Waals surface area contributed by atoms with Crippen LogP contribution in [-0.2, 0) is 4.79 Å². The Labute approximate surface area is 198 Å². The standard InChI is InChI=1S/C24H18N4O5S/c29-22(26-18-10-9-16-5-1-2-6-17(16)13-18)15-34-23-12-11-19(33-23)14-25-27-24(30)20-7-3-4-8-21(20)28(31)32/h1-14H,15H2,(H,26,29)(H,27,30). The second-order valence-corrected chi connectivity index (χ2v) is 8.01. The quantitative estimate of drug-likeness (QED) is 0.163. The van der Waals surface area contributed by atoms with Gasteiger partial charge in [-0.05, 0) is 41.1 Å². The summed E-state index contributed by atoms with van der Waals surface area (Å²) in [5.74, 6) is -0.398. The van der Waals surface area contributed by atoms with Crippen molar-refractivity contribution in [1.29, 1.82) is 0 Å². The first-order valence-electron chi connectivity index (χ1n) is 10.1. The van der Waals surface area contributed by atoms with Crippen LogP contribution in [0.2, 0.25) is 0 Å². The number of nitro benzene ring substituents is 1. The zero-order chi connectivity index (χ0) is 23.9. The molecule has 3 aromatic carbocycles. The van der Waals surface area contributed by atoms with Gasteiger partial charge in [-0.15, -0.1) is 0 Å². The number of carbonyl (C=O) groups excluding carboxylic acids is 2. The largest absolute Gasteiger partial charge is 0.449 e. The normalized spacial score (nSPS) is 10.9. The van der Waals surface area contributed by atoms with Crippen molar-refractivity contribution in [2.45, 2.75) is 5.09 Å². The highest BCUT2D eigenvalue weighted by atomic mass is 32.2. The number of rotatable bonds is 8. The molecule has 0 aliphatic carbocycles. The minimum absolute atomic E-state index is 0.0993. The molecule has 2 N–H and O–H groups in total. The number of furan rings is 1. The Morgan fingerprint density at radius 2 is 1.76 bits per heavy atom. The number of hydrogen-bond acceptors (Lipinski definition) is 7. The smallest absolute Gasteiger partial charge is 0.282 e. The van der Waals surface area contributed by atoms with Gasteiger partial charge in [0, 0.05) is 11.8 Å². The molecule has 0 atom stereocenters. The molecule has 34 heavy (non-hydrogen) atoms. The van der Waals surface area contributed by atoms with E-state index in [9.17, 15) is 19.7 Å². The minimum Gasteiger partial charge on any atom is -0.449 e. The second-order valence-electron chi connectivity index (χ2n) is 7.03. The van der Waals surface area contributed by atoms with Crippen LogP contribution < -0.4 is 10.7 Å². The van der Waals surface area contributed by atoms with Crippen molar-refractivity contribution in [1.82, 2.24) is 5.43 Å². The molecule has 170 valence electrons. The van der Waals surface area contributed by atoms with E-state index in [-0.39, 0.29) is 22.9 Å². The van der Waals surface area contributed by atoms with Gasteiger partial charge in [-0.25, -0.2) is 5.43 Å². The SMILES string of the molecule is O=C(CSc1ccc(C=NNC(=O)c2ccccc2[N+](=O)[O-])o1)Nc1ccc2ccccc2c1. The number of hydrazone groups is 1. The average molecular weight is 474 g/mol. The molecule has 9 nitrogen and oxygen atoms in total. The van der Waals surface area contributed by atoms with E-state index >= 15 is 0 Å². The summed E-state index contributed by atoms with van der Waals surface area (Å²) < 4.78 is 5.57. The molecule has 1 aromatic heterocycles. The van der Waals surface area contributed by atoms with E-state index in [4.69, 9.17) is 4.42 Å². The summed E-state index contributed by atoms with van der Waals surface area (Å²) in [6, 6.07) is 22.5. The number of nitrogens with zero attached hydrogens (tertiary/aromatic N) is 2. The Balaban J connectivity index is 1.28. The number of benzene rings is 3. The number of nitro groups is 1. The predicted molar refractivity (Wildman–Crippen MR) is 130 cm³/mol. The lowest BCUT2D eigenvalue weighted by Gasteiger charge is -2.06. The molecular weight excluding hydrogens is 456 g/mol.